The van der Waals surface area contributed by atoms with Crippen LogP contribution < -0.4 is 0 Å². The third kappa shape index (κ3) is 2.10. The Labute approximate surface area is 91.7 Å². The second kappa shape index (κ2) is 4.52. The lowest BCUT2D eigenvalue weighted by atomic mass is 10.4. The first-order valence-corrected chi connectivity index (χ1v) is 5.74. The van der Waals surface area contributed by atoms with Gasteiger partial charge in [0.1, 0.15) is 0 Å². The molecule has 72 valence electrons. The quantitative estimate of drug-likeness (QED) is 0.810. The third-order valence-electron chi connectivity index (χ3n) is 1.68. The molecule has 0 spiro atoms. The van der Waals surface area contributed by atoms with E-state index in [0.29, 0.717) is 5.82 Å². The molecule has 0 aliphatic heterocycles. The maximum Gasteiger partial charge on any atom is 0.188 e. The van der Waals surface area contributed by atoms with Crippen molar-refractivity contribution in [3.63, 3.8) is 0 Å². The van der Waals surface area contributed by atoms with Crippen LogP contribution in [0.15, 0.2) is 23.8 Å². The predicted octanol–water partition coefficient (Wildman–Crippen LogP) is 2.07. The predicted molar refractivity (Wildman–Crippen MR) is 60.7 cm³/mol. The zero-order chi connectivity index (χ0) is 9.80. The van der Waals surface area contributed by atoms with Crippen molar-refractivity contribution in [3.05, 3.63) is 29.5 Å². The minimum Gasteiger partial charge on any atom is -0.238 e. The van der Waals surface area contributed by atoms with Gasteiger partial charge in [-0.15, -0.1) is 11.3 Å². The topological polar surface area (TPSA) is 38.7 Å². The van der Waals surface area contributed by atoms with E-state index in [0.717, 1.165) is 22.9 Å². The Morgan fingerprint density at radius 3 is 2.79 bits per heavy atom. The molecule has 0 aromatic carbocycles. The van der Waals surface area contributed by atoms with Crippen LogP contribution in [-0.4, -0.2) is 20.7 Å². The van der Waals surface area contributed by atoms with Gasteiger partial charge in [0.15, 0.2) is 10.8 Å². The van der Waals surface area contributed by atoms with E-state index in [4.69, 9.17) is 0 Å². The lowest BCUT2D eigenvalue weighted by Gasteiger charge is -1.91. The maximum absolute atomic E-state index is 4.41. The fourth-order valence-electron chi connectivity index (χ4n) is 1.05. The Balaban J connectivity index is 2.25. The molecule has 5 heteroatoms. The molecule has 2 rings (SSSR count). The fourth-order valence-corrected chi connectivity index (χ4v) is 2.08. The van der Waals surface area contributed by atoms with E-state index in [1.165, 1.54) is 0 Å². The molecule has 14 heavy (non-hydrogen) atoms. The highest BCUT2D eigenvalue weighted by Gasteiger charge is 2.05. The minimum absolute atomic E-state index is 0.697. The van der Waals surface area contributed by atoms with Crippen LogP contribution in [0.3, 0.4) is 0 Å². The van der Waals surface area contributed by atoms with Crippen LogP contribution in [0.4, 0.5) is 0 Å². The molecule has 0 aliphatic carbocycles. The van der Waals surface area contributed by atoms with E-state index < -0.39 is 0 Å². The molecular weight excluding hydrogens is 214 g/mol. The van der Waals surface area contributed by atoms with Gasteiger partial charge in [-0.3, -0.25) is 0 Å². The molecular formula is C9H9N3S2. The van der Waals surface area contributed by atoms with Gasteiger partial charge in [-0.1, -0.05) is 0 Å². The summed E-state index contributed by atoms with van der Waals surface area (Å²) in [6, 6.07) is 1.80. The minimum atomic E-state index is 0.697. The second-order valence-electron chi connectivity index (χ2n) is 2.69. The number of rotatable bonds is 3. The van der Waals surface area contributed by atoms with Gasteiger partial charge in [-0.2, -0.15) is 12.6 Å². The molecule has 0 radical (unpaired) electrons. The summed E-state index contributed by atoms with van der Waals surface area (Å²) in [7, 11) is 0. The van der Waals surface area contributed by atoms with E-state index in [1.54, 1.807) is 29.8 Å². The van der Waals surface area contributed by atoms with Gasteiger partial charge in [-0.25, -0.2) is 15.0 Å². The summed E-state index contributed by atoms with van der Waals surface area (Å²) in [5, 5.41) is 2.91. The number of aryl methyl sites for hydroxylation is 1. The molecule has 0 aliphatic rings. The van der Waals surface area contributed by atoms with Crippen molar-refractivity contribution in [1.29, 1.82) is 0 Å². The third-order valence-corrected chi connectivity index (χ3v) is 2.79. The lowest BCUT2D eigenvalue weighted by Crippen LogP contribution is -1.88. The van der Waals surface area contributed by atoms with Crippen molar-refractivity contribution in [2.24, 2.45) is 0 Å². The highest BCUT2D eigenvalue weighted by molar-refractivity contribution is 7.80. The van der Waals surface area contributed by atoms with E-state index in [2.05, 4.69) is 27.6 Å². The maximum atomic E-state index is 4.41. The molecule has 0 atom stereocenters. The Morgan fingerprint density at radius 1 is 1.29 bits per heavy atom. The summed E-state index contributed by atoms with van der Waals surface area (Å²) >= 11 is 5.73. The Morgan fingerprint density at radius 2 is 2.07 bits per heavy atom. The molecule has 0 saturated heterocycles. The first-order valence-electron chi connectivity index (χ1n) is 4.23. The highest BCUT2D eigenvalue weighted by atomic mass is 32.1. The highest BCUT2D eigenvalue weighted by Crippen LogP contribution is 2.19. The molecule has 0 bridgehead atoms. The van der Waals surface area contributed by atoms with Crippen LogP contribution >= 0.6 is 24.0 Å². The largest absolute Gasteiger partial charge is 0.238 e. The molecule has 0 fully saturated rings. The Kier molecular flexibility index (Phi) is 3.10. The van der Waals surface area contributed by atoms with Crippen LogP contribution in [-0.2, 0) is 6.42 Å². The van der Waals surface area contributed by atoms with Crippen molar-refractivity contribution in [2.75, 3.05) is 5.75 Å². The molecule has 3 nitrogen and oxygen atoms in total. The zero-order valence-corrected chi connectivity index (χ0v) is 9.13. The van der Waals surface area contributed by atoms with Crippen LogP contribution in [0.25, 0.3) is 10.8 Å². The average Bonchev–Trinajstić information content (AvgIpc) is 2.68. The zero-order valence-electron chi connectivity index (χ0n) is 7.42. The lowest BCUT2D eigenvalue weighted by molar-refractivity contribution is 1.07. The van der Waals surface area contributed by atoms with E-state index >= 15 is 0 Å². The van der Waals surface area contributed by atoms with Gasteiger partial charge in [0, 0.05) is 17.8 Å². The van der Waals surface area contributed by atoms with Crippen molar-refractivity contribution in [2.45, 2.75) is 6.42 Å². The number of aromatic nitrogens is 3. The second-order valence-corrected chi connectivity index (χ2v) is 4.00. The van der Waals surface area contributed by atoms with Crippen LogP contribution in [0.5, 0.6) is 0 Å². The summed E-state index contributed by atoms with van der Waals surface area (Å²) in [4.78, 5) is 12.7. The molecule has 0 saturated carbocycles. The van der Waals surface area contributed by atoms with Gasteiger partial charge >= 0.3 is 0 Å². The average molecular weight is 223 g/mol. The SMILES string of the molecule is SCCc1csc(-c2ncccn2)n1. The summed E-state index contributed by atoms with van der Waals surface area (Å²) in [5.74, 6) is 1.52. The van der Waals surface area contributed by atoms with Crippen LogP contribution in [0.2, 0.25) is 0 Å². The number of nitrogens with zero attached hydrogens (tertiary/aromatic N) is 3. The number of thiazole rings is 1. The first-order chi connectivity index (χ1) is 6.90. The van der Waals surface area contributed by atoms with E-state index in [1.807, 2.05) is 5.38 Å². The molecule has 0 unspecified atom stereocenters. The van der Waals surface area contributed by atoms with Crippen molar-refractivity contribution >= 4 is 24.0 Å². The van der Waals surface area contributed by atoms with Gasteiger partial charge < -0.3 is 0 Å². The van der Waals surface area contributed by atoms with Crippen molar-refractivity contribution in [3.8, 4) is 10.8 Å². The van der Waals surface area contributed by atoms with Crippen LogP contribution in [0.1, 0.15) is 5.69 Å². The first kappa shape index (κ1) is 9.61. The van der Waals surface area contributed by atoms with Gasteiger partial charge in [0.2, 0.25) is 0 Å². The number of thiol groups is 1. The standard InChI is InChI=1S/C9H9N3S2/c13-5-2-7-6-14-9(12-7)8-10-3-1-4-11-8/h1,3-4,6,13H,2,5H2. The number of hydrogen-bond acceptors (Lipinski definition) is 5. The Hall–Kier alpha value is -0.940. The summed E-state index contributed by atoms with van der Waals surface area (Å²) in [5.41, 5.74) is 1.06. The van der Waals surface area contributed by atoms with Crippen molar-refractivity contribution in [1.82, 2.24) is 15.0 Å². The molecule has 2 aromatic heterocycles. The molecule has 0 N–H and O–H groups in total. The number of hydrogen-bond donors (Lipinski definition) is 1. The van der Waals surface area contributed by atoms with Gasteiger partial charge in [-0.05, 0) is 18.2 Å². The van der Waals surface area contributed by atoms with Crippen LogP contribution in [0, 0.1) is 0 Å². The normalized spacial score (nSPS) is 10.4. The van der Waals surface area contributed by atoms with Gasteiger partial charge in [0.05, 0.1) is 5.69 Å². The molecule has 2 aromatic rings. The molecule has 0 amide bonds. The van der Waals surface area contributed by atoms with Gasteiger partial charge in [0.25, 0.3) is 0 Å². The van der Waals surface area contributed by atoms with Crippen molar-refractivity contribution < 1.29 is 0 Å². The Bertz CT molecular complexity index is 399. The monoisotopic (exact) mass is 223 g/mol. The van der Waals surface area contributed by atoms with E-state index in [9.17, 15) is 0 Å². The summed E-state index contributed by atoms with van der Waals surface area (Å²) in [6.07, 6.45) is 4.34. The fraction of sp³-hybridized carbons (Fsp3) is 0.222. The molecule has 2 heterocycles. The summed E-state index contributed by atoms with van der Waals surface area (Å²) in [6.45, 7) is 0. The van der Waals surface area contributed by atoms with E-state index in [-0.39, 0.29) is 0 Å². The smallest absolute Gasteiger partial charge is 0.188 e. The summed E-state index contributed by atoms with van der Waals surface area (Å²) < 4.78 is 0.